The molecule has 1 aromatic rings. The Kier molecular flexibility index (Phi) is 7.06. The van der Waals surface area contributed by atoms with E-state index in [0.29, 0.717) is 23.1 Å². The first-order valence-corrected chi connectivity index (χ1v) is 10.8. The monoisotopic (exact) mass is 399 g/mol. The maximum Gasteiger partial charge on any atom is 0.241 e. The van der Waals surface area contributed by atoms with Gasteiger partial charge in [-0.25, -0.2) is 0 Å². The Hall–Kier alpha value is -2.21. The second-order valence-corrected chi connectivity index (χ2v) is 8.64. The molecular weight excluding hydrogens is 366 g/mol. The molecule has 0 aliphatic carbocycles. The van der Waals surface area contributed by atoms with Crippen molar-refractivity contribution in [2.24, 2.45) is 11.8 Å². The lowest BCUT2D eigenvalue weighted by atomic mass is 9.92. The van der Waals surface area contributed by atoms with E-state index in [-0.39, 0.29) is 23.7 Å². The van der Waals surface area contributed by atoms with Crippen LogP contribution in [-0.2, 0) is 9.59 Å². The predicted octanol–water partition coefficient (Wildman–Crippen LogP) is 3.19. The molecule has 2 saturated heterocycles. The van der Waals surface area contributed by atoms with Crippen LogP contribution < -0.4 is 5.32 Å². The molecule has 2 fully saturated rings. The number of amides is 2. The Morgan fingerprint density at radius 1 is 1.03 bits per heavy atom. The van der Waals surface area contributed by atoms with Crippen LogP contribution in [0, 0.1) is 11.8 Å². The van der Waals surface area contributed by atoms with Gasteiger partial charge in [-0.05, 0) is 82.8 Å². The van der Waals surface area contributed by atoms with E-state index in [0.717, 1.165) is 45.4 Å². The predicted molar refractivity (Wildman–Crippen MR) is 114 cm³/mol. The standard InChI is InChI=1S/C23H33N3O3/c1-16-5-4-12-26(15-16)23(29)20-10-13-25(14-11-20)17(2)22(28)24-21-8-6-19(7-9-21)18(3)27/h6-9,16-17,20H,4-5,10-15H2,1-3H3,(H,24,28)/t16-,17+/m1/s1. The number of benzene rings is 1. The van der Waals surface area contributed by atoms with Gasteiger partial charge in [0.2, 0.25) is 11.8 Å². The Balaban J connectivity index is 1.48. The zero-order valence-electron chi connectivity index (χ0n) is 17.8. The fraction of sp³-hybridized carbons (Fsp3) is 0.609. The van der Waals surface area contributed by atoms with Gasteiger partial charge in [0.15, 0.2) is 5.78 Å². The third kappa shape index (κ3) is 5.44. The van der Waals surface area contributed by atoms with Gasteiger partial charge >= 0.3 is 0 Å². The van der Waals surface area contributed by atoms with Crippen molar-refractivity contribution in [2.45, 2.75) is 52.5 Å². The summed E-state index contributed by atoms with van der Waals surface area (Å²) in [7, 11) is 0. The lowest BCUT2D eigenvalue weighted by Crippen LogP contribution is -2.49. The average Bonchev–Trinajstić information content (AvgIpc) is 2.73. The summed E-state index contributed by atoms with van der Waals surface area (Å²) in [4.78, 5) is 41.0. The third-order valence-electron chi connectivity index (χ3n) is 6.33. The molecular formula is C23H33N3O3. The van der Waals surface area contributed by atoms with Gasteiger partial charge in [-0.1, -0.05) is 6.92 Å². The molecule has 2 aliphatic rings. The minimum absolute atomic E-state index is 0.00710. The zero-order chi connectivity index (χ0) is 21.0. The fourth-order valence-corrected chi connectivity index (χ4v) is 4.38. The highest BCUT2D eigenvalue weighted by atomic mass is 16.2. The maximum atomic E-state index is 12.8. The molecule has 3 rings (SSSR count). The van der Waals surface area contributed by atoms with Crippen LogP contribution in [0.25, 0.3) is 0 Å². The fourth-order valence-electron chi connectivity index (χ4n) is 4.38. The van der Waals surface area contributed by atoms with Gasteiger partial charge in [-0.15, -0.1) is 0 Å². The van der Waals surface area contributed by atoms with E-state index in [4.69, 9.17) is 0 Å². The largest absolute Gasteiger partial charge is 0.342 e. The lowest BCUT2D eigenvalue weighted by Gasteiger charge is -2.38. The highest BCUT2D eigenvalue weighted by Crippen LogP contribution is 2.24. The lowest BCUT2D eigenvalue weighted by molar-refractivity contribution is -0.139. The minimum Gasteiger partial charge on any atom is -0.342 e. The highest BCUT2D eigenvalue weighted by Gasteiger charge is 2.33. The quantitative estimate of drug-likeness (QED) is 0.772. The topological polar surface area (TPSA) is 69.7 Å². The average molecular weight is 400 g/mol. The number of carbonyl (C=O) groups excluding carboxylic acids is 3. The molecule has 0 bridgehead atoms. The van der Waals surface area contributed by atoms with Crippen LogP contribution in [0.2, 0.25) is 0 Å². The molecule has 0 radical (unpaired) electrons. The van der Waals surface area contributed by atoms with Gasteiger partial charge in [0.25, 0.3) is 0 Å². The summed E-state index contributed by atoms with van der Waals surface area (Å²) in [5, 5.41) is 2.93. The Labute approximate surface area is 173 Å². The van der Waals surface area contributed by atoms with Gasteiger partial charge < -0.3 is 10.2 Å². The van der Waals surface area contributed by atoms with Crippen LogP contribution in [0.1, 0.15) is 56.8 Å². The first kappa shape index (κ1) is 21.5. The molecule has 2 amide bonds. The molecule has 0 unspecified atom stereocenters. The smallest absolute Gasteiger partial charge is 0.241 e. The first-order chi connectivity index (χ1) is 13.8. The molecule has 0 spiro atoms. The molecule has 6 heteroatoms. The molecule has 2 heterocycles. The van der Waals surface area contributed by atoms with E-state index in [1.165, 1.54) is 13.3 Å². The van der Waals surface area contributed by atoms with Crippen molar-refractivity contribution < 1.29 is 14.4 Å². The summed E-state index contributed by atoms with van der Waals surface area (Å²) < 4.78 is 0. The third-order valence-corrected chi connectivity index (χ3v) is 6.33. The molecule has 0 aromatic heterocycles. The number of anilines is 1. The molecule has 0 saturated carbocycles. The summed E-state index contributed by atoms with van der Waals surface area (Å²) >= 11 is 0. The molecule has 2 aliphatic heterocycles. The summed E-state index contributed by atoms with van der Waals surface area (Å²) in [6.45, 7) is 8.96. The molecule has 158 valence electrons. The highest BCUT2D eigenvalue weighted by molar-refractivity contribution is 5.97. The van der Waals surface area contributed by atoms with Crippen LogP contribution >= 0.6 is 0 Å². The minimum atomic E-state index is -0.256. The van der Waals surface area contributed by atoms with Crippen molar-refractivity contribution in [2.75, 3.05) is 31.5 Å². The number of nitrogens with zero attached hydrogens (tertiary/aromatic N) is 2. The first-order valence-electron chi connectivity index (χ1n) is 10.8. The number of carbonyl (C=O) groups is 3. The van der Waals surface area contributed by atoms with Crippen molar-refractivity contribution in [3.63, 3.8) is 0 Å². The normalized spacial score (nSPS) is 22.2. The van der Waals surface area contributed by atoms with Crippen LogP contribution in [0.4, 0.5) is 5.69 Å². The number of rotatable bonds is 5. The summed E-state index contributed by atoms with van der Waals surface area (Å²) in [5.74, 6) is 0.939. The van der Waals surface area contributed by atoms with Crippen LogP contribution in [0.15, 0.2) is 24.3 Å². The number of piperidine rings is 2. The van der Waals surface area contributed by atoms with Crippen molar-refractivity contribution in [3.05, 3.63) is 29.8 Å². The van der Waals surface area contributed by atoms with Crippen molar-refractivity contribution in [1.29, 1.82) is 0 Å². The van der Waals surface area contributed by atoms with E-state index < -0.39 is 0 Å². The summed E-state index contributed by atoms with van der Waals surface area (Å²) in [6.07, 6.45) is 3.95. The van der Waals surface area contributed by atoms with Crippen LogP contribution in [0.5, 0.6) is 0 Å². The van der Waals surface area contributed by atoms with Gasteiger partial charge in [0.1, 0.15) is 0 Å². The number of ketones is 1. The van der Waals surface area contributed by atoms with Crippen molar-refractivity contribution in [1.82, 2.24) is 9.80 Å². The Morgan fingerprint density at radius 3 is 2.28 bits per heavy atom. The second-order valence-electron chi connectivity index (χ2n) is 8.64. The molecule has 2 atom stereocenters. The number of Topliss-reactive ketones (excluding diaryl/α,β-unsaturated/α-hetero) is 1. The van der Waals surface area contributed by atoms with Gasteiger partial charge in [0, 0.05) is 30.3 Å². The number of likely N-dealkylation sites (tertiary alicyclic amines) is 2. The van der Waals surface area contributed by atoms with E-state index in [2.05, 4.69) is 22.0 Å². The number of hydrogen-bond acceptors (Lipinski definition) is 4. The van der Waals surface area contributed by atoms with E-state index in [1.54, 1.807) is 24.3 Å². The second kappa shape index (κ2) is 9.53. The van der Waals surface area contributed by atoms with Gasteiger partial charge in [-0.3, -0.25) is 19.3 Å². The number of hydrogen-bond donors (Lipinski definition) is 1. The Morgan fingerprint density at radius 2 is 1.69 bits per heavy atom. The number of nitrogens with one attached hydrogen (secondary N) is 1. The maximum absolute atomic E-state index is 12.8. The van der Waals surface area contributed by atoms with E-state index >= 15 is 0 Å². The SMILES string of the molecule is CC(=O)c1ccc(NC(=O)[C@H](C)N2CCC(C(=O)N3CCC[C@@H](C)C3)CC2)cc1. The zero-order valence-corrected chi connectivity index (χ0v) is 17.8. The summed E-state index contributed by atoms with van der Waals surface area (Å²) in [5.41, 5.74) is 1.32. The van der Waals surface area contributed by atoms with Gasteiger partial charge in [0.05, 0.1) is 6.04 Å². The van der Waals surface area contributed by atoms with Gasteiger partial charge in [-0.2, -0.15) is 0 Å². The molecule has 1 aromatic carbocycles. The summed E-state index contributed by atoms with van der Waals surface area (Å²) in [6, 6.07) is 6.70. The van der Waals surface area contributed by atoms with E-state index in [9.17, 15) is 14.4 Å². The van der Waals surface area contributed by atoms with Crippen LogP contribution in [0.3, 0.4) is 0 Å². The molecule has 29 heavy (non-hydrogen) atoms. The molecule has 6 nitrogen and oxygen atoms in total. The Bertz CT molecular complexity index is 738. The van der Waals surface area contributed by atoms with Crippen molar-refractivity contribution >= 4 is 23.3 Å². The van der Waals surface area contributed by atoms with Crippen LogP contribution in [-0.4, -0.2) is 59.6 Å². The molecule has 1 N–H and O–H groups in total. The van der Waals surface area contributed by atoms with E-state index in [1.807, 2.05) is 6.92 Å². The van der Waals surface area contributed by atoms with Crippen molar-refractivity contribution in [3.8, 4) is 0 Å².